The third kappa shape index (κ3) is 2.24. The molecule has 0 aromatic heterocycles. The van der Waals surface area contributed by atoms with E-state index in [1.165, 1.54) is 5.56 Å². The SMILES string of the molecule is CCc1ccc(NC(=O)C2(C#N)CC(C)C2)cc1. The number of nitrogens with one attached hydrogen (secondary N) is 1. The summed E-state index contributed by atoms with van der Waals surface area (Å²) in [6.07, 6.45) is 2.32. The van der Waals surface area contributed by atoms with Gasteiger partial charge < -0.3 is 5.32 Å². The van der Waals surface area contributed by atoms with E-state index in [4.69, 9.17) is 0 Å². The Morgan fingerprint density at radius 3 is 2.50 bits per heavy atom. The van der Waals surface area contributed by atoms with Crippen LogP contribution in [0.25, 0.3) is 0 Å². The van der Waals surface area contributed by atoms with Crippen molar-refractivity contribution in [3.8, 4) is 6.07 Å². The Balaban J connectivity index is 2.05. The molecule has 1 aromatic rings. The number of anilines is 1. The molecule has 0 radical (unpaired) electrons. The standard InChI is InChI=1S/C15H18N2O/c1-3-12-4-6-13(7-5-12)17-14(18)15(10-16)8-11(2)9-15/h4-7,11H,3,8-9H2,1-2H3,(H,17,18). The van der Waals surface area contributed by atoms with Crippen LogP contribution in [0.1, 0.15) is 32.3 Å². The Labute approximate surface area is 108 Å². The van der Waals surface area contributed by atoms with Crippen LogP contribution in [0.5, 0.6) is 0 Å². The summed E-state index contributed by atoms with van der Waals surface area (Å²) < 4.78 is 0. The van der Waals surface area contributed by atoms with E-state index in [2.05, 4.69) is 25.2 Å². The van der Waals surface area contributed by atoms with Crippen molar-refractivity contribution in [3.63, 3.8) is 0 Å². The van der Waals surface area contributed by atoms with E-state index in [-0.39, 0.29) is 5.91 Å². The number of amides is 1. The Morgan fingerprint density at radius 1 is 1.44 bits per heavy atom. The molecule has 18 heavy (non-hydrogen) atoms. The van der Waals surface area contributed by atoms with E-state index in [1.54, 1.807) is 0 Å². The maximum absolute atomic E-state index is 12.1. The lowest BCUT2D eigenvalue weighted by Gasteiger charge is -2.39. The van der Waals surface area contributed by atoms with Crippen LogP contribution in [0, 0.1) is 22.7 Å². The molecule has 94 valence electrons. The molecular formula is C15H18N2O. The highest BCUT2D eigenvalue weighted by atomic mass is 16.2. The van der Waals surface area contributed by atoms with Crippen LogP contribution >= 0.6 is 0 Å². The highest BCUT2D eigenvalue weighted by Gasteiger charge is 2.48. The molecule has 0 bridgehead atoms. The second kappa shape index (κ2) is 4.81. The van der Waals surface area contributed by atoms with Crippen molar-refractivity contribution >= 4 is 11.6 Å². The zero-order valence-corrected chi connectivity index (χ0v) is 10.9. The second-order valence-corrected chi connectivity index (χ2v) is 5.21. The fourth-order valence-electron chi connectivity index (χ4n) is 2.53. The Kier molecular flexibility index (Phi) is 3.38. The minimum Gasteiger partial charge on any atom is -0.325 e. The van der Waals surface area contributed by atoms with Crippen molar-refractivity contribution < 1.29 is 4.79 Å². The number of aryl methyl sites for hydroxylation is 1. The van der Waals surface area contributed by atoms with Crippen LogP contribution in [0.3, 0.4) is 0 Å². The highest BCUT2D eigenvalue weighted by Crippen LogP contribution is 2.45. The molecule has 1 aliphatic rings. The van der Waals surface area contributed by atoms with Gasteiger partial charge in [-0.15, -0.1) is 0 Å². The molecule has 1 saturated carbocycles. The minimum absolute atomic E-state index is 0.160. The first-order valence-corrected chi connectivity index (χ1v) is 6.41. The third-order valence-corrected chi connectivity index (χ3v) is 3.66. The van der Waals surface area contributed by atoms with Crippen molar-refractivity contribution in [1.29, 1.82) is 5.26 Å². The Morgan fingerprint density at radius 2 is 2.06 bits per heavy atom. The maximum atomic E-state index is 12.1. The van der Waals surface area contributed by atoms with Gasteiger partial charge in [0.2, 0.25) is 5.91 Å². The highest BCUT2D eigenvalue weighted by molar-refractivity contribution is 5.97. The van der Waals surface area contributed by atoms with Gasteiger partial charge in [0, 0.05) is 5.69 Å². The number of nitrogens with zero attached hydrogens (tertiary/aromatic N) is 1. The first-order valence-electron chi connectivity index (χ1n) is 6.41. The molecule has 0 aliphatic heterocycles. The lowest BCUT2D eigenvalue weighted by atomic mass is 9.63. The summed E-state index contributed by atoms with van der Waals surface area (Å²) in [5.41, 5.74) is 1.20. The van der Waals surface area contributed by atoms with Crippen molar-refractivity contribution in [2.45, 2.75) is 33.1 Å². The molecule has 1 aliphatic carbocycles. The average Bonchev–Trinajstić information content (AvgIpc) is 2.35. The van der Waals surface area contributed by atoms with Gasteiger partial charge >= 0.3 is 0 Å². The van der Waals surface area contributed by atoms with Gasteiger partial charge in [-0.25, -0.2) is 0 Å². The number of hydrogen-bond acceptors (Lipinski definition) is 2. The summed E-state index contributed by atoms with van der Waals surface area (Å²) in [6.45, 7) is 4.16. The summed E-state index contributed by atoms with van der Waals surface area (Å²) in [5.74, 6) is 0.310. The number of rotatable bonds is 3. The summed E-state index contributed by atoms with van der Waals surface area (Å²) in [6, 6.07) is 9.96. The molecule has 1 fully saturated rings. The number of carbonyl (C=O) groups excluding carboxylic acids is 1. The monoisotopic (exact) mass is 242 g/mol. The van der Waals surface area contributed by atoms with Gasteiger partial charge in [-0.3, -0.25) is 4.79 Å². The first-order chi connectivity index (χ1) is 8.59. The van der Waals surface area contributed by atoms with Crippen LogP contribution < -0.4 is 5.32 Å². The van der Waals surface area contributed by atoms with Crippen LogP contribution in [0.4, 0.5) is 5.69 Å². The molecule has 3 heteroatoms. The number of hydrogen-bond donors (Lipinski definition) is 1. The lowest BCUT2D eigenvalue weighted by Crippen LogP contribution is -2.45. The third-order valence-electron chi connectivity index (χ3n) is 3.66. The normalized spacial score (nSPS) is 25.9. The molecule has 1 aromatic carbocycles. The van der Waals surface area contributed by atoms with Gasteiger partial charge in [0.25, 0.3) is 0 Å². The Hall–Kier alpha value is -1.82. The van der Waals surface area contributed by atoms with E-state index < -0.39 is 5.41 Å². The molecule has 0 heterocycles. The quantitative estimate of drug-likeness (QED) is 0.885. The van der Waals surface area contributed by atoms with E-state index in [9.17, 15) is 10.1 Å². The van der Waals surface area contributed by atoms with Gasteiger partial charge in [-0.1, -0.05) is 26.0 Å². The predicted octanol–water partition coefficient (Wildman–Crippen LogP) is 3.13. The predicted molar refractivity (Wildman–Crippen MR) is 70.9 cm³/mol. The molecule has 1 amide bonds. The molecule has 2 rings (SSSR count). The summed E-state index contributed by atoms with van der Waals surface area (Å²) in [4.78, 5) is 12.1. The van der Waals surface area contributed by atoms with Gasteiger partial charge in [0.1, 0.15) is 5.41 Å². The van der Waals surface area contributed by atoms with E-state index >= 15 is 0 Å². The van der Waals surface area contributed by atoms with E-state index in [0.717, 1.165) is 12.1 Å². The summed E-state index contributed by atoms with van der Waals surface area (Å²) >= 11 is 0. The zero-order valence-electron chi connectivity index (χ0n) is 10.9. The lowest BCUT2D eigenvalue weighted by molar-refractivity contribution is -0.128. The minimum atomic E-state index is -0.803. The molecule has 1 N–H and O–H groups in total. The van der Waals surface area contributed by atoms with E-state index in [0.29, 0.717) is 18.8 Å². The smallest absolute Gasteiger partial charge is 0.244 e. The van der Waals surface area contributed by atoms with Gasteiger partial charge in [-0.05, 0) is 42.9 Å². The zero-order chi connectivity index (χ0) is 13.2. The molecule has 0 atom stereocenters. The molecule has 3 nitrogen and oxygen atoms in total. The maximum Gasteiger partial charge on any atom is 0.244 e. The van der Waals surface area contributed by atoms with Gasteiger partial charge in [0.15, 0.2) is 0 Å². The van der Waals surface area contributed by atoms with E-state index in [1.807, 2.05) is 24.3 Å². The van der Waals surface area contributed by atoms with Crippen molar-refractivity contribution in [3.05, 3.63) is 29.8 Å². The average molecular weight is 242 g/mol. The number of benzene rings is 1. The summed E-state index contributed by atoms with van der Waals surface area (Å²) in [5, 5.41) is 12.0. The van der Waals surface area contributed by atoms with Gasteiger partial charge in [-0.2, -0.15) is 5.26 Å². The van der Waals surface area contributed by atoms with Crippen molar-refractivity contribution in [2.75, 3.05) is 5.32 Å². The topological polar surface area (TPSA) is 52.9 Å². The Bertz CT molecular complexity index is 478. The van der Waals surface area contributed by atoms with Crippen LogP contribution in [-0.2, 0) is 11.2 Å². The summed E-state index contributed by atoms with van der Waals surface area (Å²) in [7, 11) is 0. The van der Waals surface area contributed by atoms with Crippen LogP contribution in [0.15, 0.2) is 24.3 Å². The first kappa shape index (κ1) is 12.6. The molecule has 0 unspecified atom stereocenters. The van der Waals surface area contributed by atoms with Gasteiger partial charge in [0.05, 0.1) is 6.07 Å². The number of carbonyl (C=O) groups is 1. The van der Waals surface area contributed by atoms with Crippen LogP contribution in [0.2, 0.25) is 0 Å². The molecule has 0 spiro atoms. The molecule has 0 saturated heterocycles. The number of nitriles is 1. The molecular weight excluding hydrogens is 224 g/mol. The fraction of sp³-hybridized carbons (Fsp3) is 0.467. The van der Waals surface area contributed by atoms with Crippen molar-refractivity contribution in [1.82, 2.24) is 0 Å². The second-order valence-electron chi connectivity index (χ2n) is 5.21. The largest absolute Gasteiger partial charge is 0.325 e. The van der Waals surface area contributed by atoms with Crippen molar-refractivity contribution in [2.24, 2.45) is 11.3 Å². The van der Waals surface area contributed by atoms with Crippen LogP contribution in [-0.4, -0.2) is 5.91 Å². The fourth-order valence-corrected chi connectivity index (χ4v) is 2.53.